The molecule has 2 rings (SSSR count). The summed E-state index contributed by atoms with van der Waals surface area (Å²) in [6.07, 6.45) is 5.15. The number of likely N-dealkylation sites (tertiary alicyclic amines) is 1. The normalized spacial score (nSPS) is 22.7. The summed E-state index contributed by atoms with van der Waals surface area (Å²) in [5.74, 6) is 0.889. The number of hydrogen-bond donors (Lipinski definition) is 1. The van der Waals surface area contributed by atoms with Crippen molar-refractivity contribution in [3.63, 3.8) is 0 Å². The molecule has 1 heterocycles. The summed E-state index contributed by atoms with van der Waals surface area (Å²) >= 11 is 0. The Balaban J connectivity index is 1.64. The van der Waals surface area contributed by atoms with Crippen molar-refractivity contribution in [1.29, 1.82) is 5.26 Å². The van der Waals surface area contributed by atoms with E-state index in [1.807, 2.05) is 0 Å². The van der Waals surface area contributed by atoms with Crippen LogP contribution in [-0.2, 0) is 4.79 Å². The SMILES string of the molecule is N#CCN1CCC(NC(=O)CC2CC2)CC1. The largest absolute Gasteiger partial charge is 0.353 e. The molecule has 0 aromatic carbocycles. The second-order valence-electron chi connectivity index (χ2n) is 4.92. The van der Waals surface area contributed by atoms with Crippen molar-refractivity contribution in [3.8, 4) is 6.07 Å². The lowest BCUT2D eigenvalue weighted by atomic mass is 10.0. The second-order valence-corrected chi connectivity index (χ2v) is 4.92. The first-order valence-corrected chi connectivity index (χ1v) is 6.16. The van der Waals surface area contributed by atoms with Crippen LogP contribution in [0.3, 0.4) is 0 Å². The topological polar surface area (TPSA) is 56.1 Å². The predicted octanol–water partition coefficient (Wildman–Crippen LogP) is 0.891. The molecule has 1 aliphatic carbocycles. The third-order valence-corrected chi connectivity index (χ3v) is 3.42. The molecule has 0 aromatic heterocycles. The minimum atomic E-state index is 0.223. The molecule has 1 saturated carbocycles. The van der Waals surface area contributed by atoms with Gasteiger partial charge in [0, 0.05) is 25.6 Å². The number of nitrogens with one attached hydrogen (secondary N) is 1. The zero-order chi connectivity index (χ0) is 11.4. The van der Waals surface area contributed by atoms with Gasteiger partial charge in [0.15, 0.2) is 0 Å². The van der Waals surface area contributed by atoms with E-state index in [4.69, 9.17) is 5.26 Å². The van der Waals surface area contributed by atoms with Crippen molar-refractivity contribution in [2.45, 2.75) is 38.1 Å². The summed E-state index contributed by atoms with van der Waals surface area (Å²) in [5.41, 5.74) is 0. The van der Waals surface area contributed by atoms with Gasteiger partial charge in [-0.25, -0.2) is 0 Å². The summed E-state index contributed by atoms with van der Waals surface area (Å²) in [5, 5.41) is 11.7. The fourth-order valence-electron chi connectivity index (χ4n) is 2.21. The van der Waals surface area contributed by atoms with Crippen LogP contribution in [0.25, 0.3) is 0 Å². The third-order valence-electron chi connectivity index (χ3n) is 3.42. The predicted molar refractivity (Wildman–Crippen MR) is 60.6 cm³/mol. The number of carbonyl (C=O) groups is 1. The van der Waals surface area contributed by atoms with Crippen molar-refractivity contribution in [2.24, 2.45) is 5.92 Å². The van der Waals surface area contributed by atoms with Crippen LogP contribution in [0, 0.1) is 17.2 Å². The molecule has 2 aliphatic rings. The van der Waals surface area contributed by atoms with Crippen molar-refractivity contribution in [2.75, 3.05) is 19.6 Å². The highest BCUT2D eigenvalue weighted by atomic mass is 16.1. The monoisotopic (exact) mass is 221 g/mol. The molecule has 4 heteroatoms. The Morgan fingerprint density at radius 1 is 1.31 bits per heavy atom. The molecule has 1 saturated heterocycles. The molecule has 16 heavy (non-hydrogen) atoms. The summed E-state index contributed by atoms with van der Waals surface area (Å²) in [6, 6.07) is 2.50. The van der Waals surface area contributed by atoms with Crippen LogP contribution >= 0.6 is 0 Å². The van der Waals surface area contributed by atoms with Crippen molar-refractivity contribution in [1.82, 2.24) is 10.2 Å². The van der Waals surface area contributed by atoms with E-state index >= 15 is 0 Å². The van der Waals surface area contributed by atoms with Crippen LogP contribution < -0.4 is 5.32 Å². The van der Waals surface area contributed by atoms with Gasteiger partial charge in [-0.15, -0.1) is 0 Å². The third kappa shape index (κ3) is 3.49. The van der Waals surface area contributed by atoms with Crippen LogP contribution in [0.4, 0.5) is 0 Å². The van der Waals surface area contributed by atoms with Gasteiger partial charge in [-0.05, 0) is 31.6 Å². The quantitative estimate of drug-likeness (QED) is 0.717. The van der Waals surface area contributed by atoms with E-state index in [9.17, 15) is 4.79 Å². The van der Waals surface area contributed by atoms with Gasteiger partial charge in [0.05, 0.1) is 12.6 Å². The lowest BCUT2D eigenvalue weighted by molar-refractivity contribution is -0.122. The highest BCUT2D eigenvalue weighted by Gasteiger charge is 2.26. The van der Waals surface area contributed by atoms with Gasteiger partial charge in [0.1, 0.15) is 0 Å². The van der Waals surface area contributed by atoms with E-state index < -0.39 is 0 Å². The molecular formula is C12H19N3O. The van der Waals surface area contributed by atoms with Gasteiger partial charge >= 0.3 is 0 Å². The lowest BCUT2D eigenvalue weighted by Gasteiger charge is -2.30. The maximum atomic E-state index is 11.6. The van der Waals surface area contributed by atoms with Crippen LogP contribution in [0.1, 0.15) is 32.1 Å². The molecule has 1 amide bonds. The fraction of sp³-hybridized carbons (Fsp3) is 0.833. The van der Waals surface area contributed by atoms with E-state index in [0.29, 0.717) is 18.5 Å². The Bertz CT molecular complexity index is 285. The molecule has 88 valence electrons. The van der Waals surface area contributed by atoms with Gasteiger partial charge in [-0.1, -0.05) is 0 Å². The van der Waals surface area contributed by atoms with E-state index in [2.05, 4.69) is 16.3 Å². The fourth-order valence-corrected chi connectivity index (χ4v) is 2.21. The van der Waals surface area contributed by atoms with E-state index in [1.54, 1.807) is 0 Å². The molecule has 0 atom stereocenters. The van der Waals surface area contributed by atoms with Gasteiger partial charge < -0.3 is 5.32 Å². The summed E-state index contributed by atoms with van der Waals surface area (Å²) in [7, 11) is 0. The lowest BCUT2D eigenvalue weighted by Crippen LogP contribution is -2.44. The Morgan fingerprint density at radius 2 is 2.00 bits per heavy atom. The minimum Gasteiger partial charge on any atom is -0.353 e. The van der Waals surface area contributed by atoms with Gasteiger partial charge in [-0.2, -0.15) is 5.26 Å². The second kappa shape index (κ2) is 5.31. The first kappa shape index (κ1) is 11.4. The van der Waals surface area contributed by atoms with Crippen LogP contribution in [0.5, 0.6) is 0 Å². The number of amides is 1. The van der Waals surface area contributed by atoms with Gasteiger partial charge in [-0.3, -0.25) is 9.69 Å². The molecule has 2 fully saturated rings. The highest BCUT2D eigenvalue weighted by Crippen LogP contribution is 2.32. The molecule has 1 aliphatic heterocycles. The molecule has 1 N–H and O–H groups in total. The molecule has 4 nitrogen and oxygen atoms in total. The average Bonchev–Trinajstić information content (AvgIpc) is 3.05. The summed E-state index contributed by atoms with van der Waals surface area (Å²) < 4.78 is 0. The molecule has 0 bridgehead atoms. The number of piperidine rings is 1. The molecular weight excluding hydrogens is 202 g/mol. The first-order valence-electron chi connectivity index (χ1n) is 6.16. The Kier molecular flexibility index (Phi) is 3.79. The molecule has 0 unspecified atom stereocenters. The maximum absolute atomic E-state index is 11.6. The Morgan fingerprint density at radius 3 is 2.56 bits per heavy atom. The molecule has 0 aromatic rings. The van der Waals surface area contributed by atoms with Crippen molar-refractivity contribution >= 4 is 5.91 Å². The number of hydrogen-bond acceptors (Lipinski definition) is 3. The number of nitrogens with zero attached hydrogens (tertiary/aromatic N) is 2. The van der Waals surface area contributed by atoms with E-state index in [1.165, 1.54) is 12.8 Å². The van der Waals surface area contributed by atoms with Crippen LogP contribution in [-0.4, -0.2) is 36.5 Å². The minimum absolute atomic E-state index is 0.223. The summed E-state index contributed by atoms with van der Waals surface area (Å²) in [6.45, 7) is 2.38. The average molecular weight is 221 g/mol. The number of nitriles is 1. The Hall–Kier alpha value is -1.08. The van der Waals surface area contributed by atoms with Gasteiger partial charge in [0.2, 0.25) is 5.91 Å². The molecule has 0 radical (unpaired) electrons. The van der Waals surface area contributed by atoms with Crippen molar-refractivity contribution in [3.05, 3.63) is 0 Å². The first-order chi connectivity index (χ1) is 7.78. The zero-order valence-electron chi connectivity index (χ0n) is 9.61. The number of carbonyl (C=O) groups excluding carboxylic acids is 1. The summed E-state index contributed by atoms with van der Waals surface area (Å²) in [4.78, 5) is 13.7. The highest BCUT2D eigenvalue weighted by molar-refractivity contribution is 5.76. The van der Waals surface area contributed by atoms with Gasteiger partial charge in [0.25, 0.3) is 0 Å². The smallest absolute Gasteiger partial charge is 0.220 e. The standard InChI is InChI=1S/C12H19N3O/c13-5-8-15-6-3-11(4-7-15)14-12(16)9-10-1-2-10/h10-11H,1-4,6-9H2,(H,14,16). The Labute approximate surface area is 96.6 Å². The van der Waals surface area contributed by atoms with Crippen LogP contribution in [0.15, 0.2) is 0 Å². The van der Waals surface area contributed by atoms with E-state index in [-0.39, 0.29) is 5.91 Å². The van der Waals surface area contributed by atoms with Crippen molar-refractivity contribution < 1.29 is 4.79 Å². The maximum Gasteiger partial charge on any atom is 0.220 e. The van der Waals surface area contributed by atoms with E-state index in [0.717, 1.165) is 32.4 Å². The number of rotatable bonds is 4. The van der Waals surface area contributed by atoms with Crippen LogP contribution in [0.2, 0.25) is 0 Å². The molecule has 0 spiro atoms. The zero-order valence-corrected chi connectivity index (χ0v) is 9.61.